The molecule has 21 heavy (non-hydrogen) atoms. The van der Waals surface area contributed by atoms with Crippen LogP contribution in [-0.4, -0.2) is 52.1 Å². The number of carboxylic acids is 1. The van der Waals surface area contributed by atoms with Gasteiger partial charge in [-0.15, -0.1) is 0 Å². The van der Waals surface area contributed by atoms with Crippen molar-refractivity contribution in [3.8, 4) is 0 Å². The van der Waals surface area contributed by atoms with Crippen LogP contribution in [0.25, 0.3) is 11.0 Å². The van der Waals surface area contributed by atoms with Gasteiger partial charge in [0.25, 0.3) is 0 Å². The van der Waals surface area contributed by atoms with Gasteiger partial charge in [-0.2, -0.15) is 5.10 Å². The molecule has 0 radical (unpaired) electrons. The van der Waals surface area contributed by atoms with Crippen molar-refractivity contribution in [1.29, 1.82) is 0 Å². The second-order valence-corrected chi connectivity index (χ2v) is 5.25. The molecule has 0 spiro atoms. The molecule has 2 aromatic rings. The number of methoxy groups -OCH3 is 1. The van der Waals surface area contributed by atoms with Gasteiger partial charge in [0.05, 0.1) is 23.4 Å². The largest absolute Gasteiger partial charge is 0.478 e. The summed E-state index contributed by atoms with van der Waals surface area (Å²) in [7, 11) is 3.52. The topological polar surface area (TPSA) is 80.5 Å². The van der Waals surface area contributed by atoms with Gasteiger partial charge in [-0.25, -0.2) is 9.78 Å². The molecule has 7 heteroatoms. The maximum Gasteiger partial charge on any atom is 0.339 e. The third kappa shape index (κ3) is 2.33. The second kappa shape index (κ2) is 5.33. The Balaban J connectivity index is 2.06. The minimum absolute atomic E-state index is 0.228. The molecule has 1 fully saturated rings. The maximum absolute atomic E-state index is 11.5. The molecule has 3 rings (SSSR count). The van der Waals surface area contributed by atoms with Crippen molar-refractivity contribution in [3.05, 3.63) is 18.0 Å². The van der Waals surface area contributed by atoms with Crippen LogP contribution in [0.15, 0.2) is 12.4 Å². The molecule has 0 aliphatic carbocycles. The molecule has 0 amide bonds. The number of ether oxygens (including phenoxy) is 1. The van der Waals surface area contributed by atoms with Crippen LogP contribution in [0.4, 0.5) is 5.69 Å². The van der Waals surface area contributed by atoms with Crippen LogP contribution in [0.5, 0.6) is 0 Å². The summed E-state index contributed by atoms with van der Waals surface area (Å²) in [6.45, 7) is 1.54. The van der Waals surface area contributed by atoms with E-state index in [1.54, 1.807) is 25.0 Å². The molecule has 7 nitrogen and oxygen atoms in total. The van der Waals surface area contributed by atoms with Crippen molar-refractivity contribution in [2.45, 2.75) is 18.9 Å². The van der Waals surface area contributed by atoms with Gasteiger partial charge in [0.1, 0.15) is 5.56 Å². The number of fused-ring (bicyclic) bond motifs is 1. The third-order valence-electron chi connectivity index (χ3n) is 4.06. The highest BCUT2D eigenvalue weighted by molar-refractivity contribution is 6.03. The van der Waals surface area contributed by atoms with E-state index in [1.165, 1.54) is 6.20 Å². The molecule has 1 aliphatic heterocycles. The Labute approximate surface area is 122 Å². The maximum atomic E-state index is 11.5. The lowest BCUT2D eigenvalue weighted by atomic mass is 10.0. The molecule has 3 heterocycles. The molecule has 0 unspecified atom stereocenters. The fraction of sp³-hybridized carbons (Fsp3) is 0.500. The lowest BCUT2D eigenvalue weighted by Crippen LogP contribution is -2.37. The highest BCUT2D eigenvalue weighted by atomic mass is 16.5. The van der Waals surface area contributed by atoms with Crippen LogP contribution in [0, 0.1) is 0 Å². The zero-order valence-corrected chi connectivity index (χ0v) is 12.1. The summed E-state index contributed by atoms with van der Waals surface area (Å²) in [5.41, 5.74) is 1.64. The van der Waals surface area contributed by atoms with E-state index in [4.69, 9.17) is 4.74 Å². The van der Waals surface area contributed by atoms with Gasteiger partial charge in [0.15, 0.2) is 5.65 Å². The van der Waals surface area contributed by atoms with Gasteiger partial charge in [-0.05, 0) is 12.8 Å². The standard InChI is InChI=1S/C14H18N4O3/c1-17-13-10(8-16-17)12(11(7-15-13)14(19)20)18-5-3-9(21-2)4-6-18/h7-9H,3-6H2,1-2H3,(H,19,20). The normalized spacial score (nSPS) is 16.6. The lowest BCUT2D eigenvalue weighted by Gasteiger charge is -2.33. The zero-order valence-electron chi connectivity index (χ0n) is 12.1. The van der Waals surface area contributed by atoms with Crippen LogP contribution >= 0.6 is 0 Å². The smallest absolute Gasteiger partial charge is 0.339 e. The molecular formula is C14H18N4O3. The fourth-order valence-corrected chi connectivity index (χ4v) is 2.90. The first-order valence-electron chi connectivity index (χ1n) is 6.93. The molecule has 2 aromatic heterocycles. The number of aryl methyl sites for hydroxylation is 1. The Morgan fingerprint density at radius 1 is 1.38 bits per heavy atom. The number of rotatable bonds is 3. The summed E-state index contributed by atoms with van der Waals surface area (Å²) >= 11 is 0. The average Bonchev–Trinajstić information content (AvgIpc) is 2.88. The van der Waals surface area contributed by atoms with Crippen molar-refractivity contribution in [2.75, 3.05) is 25.1 Å². The minimum Gasteiger partial charge on any atom is -0.478 e. The number of aromatic carboxylic acids is 1. The highest BCUT2D eigenvalue weighted by Crippen LogP contribution is 2.31. The van der Waals surface area contributed by atoms with Gasteiger partial charge < -0.3 is 14.7 Å². The van der Waals surface area contributed by atoms with E-state index < -0.39 is 5.97 Å². The zero-order chi connectivity index (χ0) is 15.0. The van der Waals surface area contributed by atoms with Crippen molar-refractivity contribution in [2.24, 2.45) is 7.05 Å². The number of carbonyl (C=O) groups is 1. The van der Waals surface area contributed by atoms with Gasteiger partial charge in [0.2, 0.25) is 0 Å². The average molecular weight is 290 g/mol. The molecule has 112 valence electrons. The van der Waals surface area contributed by atoms with E-state index in [0.717, 1.165) is 37.0 Å². The number of carboxylic acid groups (broad SMARTS) is 1. The van der Waals surface area contributed by atoms with Crippen LogP contribution in [0.3, 0.4) is 0 Å². The summed E-state index contributed by atoms with van der Waals surface area (Å²) < 4.78 is 7.03. The Morgan fingerprint density at radius 2 is 2.10 bits per heavy atom. The molecule has 0 bridgehead atoms. The van der Waals surface area contributed by atoms with Gasteiger partial charge in [-0.1, -0.05) is 0 Å². The monoisotopic (exact) mass is 290 g/mol. The first kappa shape index (κ1) is 13.8. The summed E-state index contributed by atoms with van der Waals surface area (Å²) in [4.78, 5) is 17.8. The van der Waals surface area contributed by atoms with Gasteiger partial charge in [-0.3, -0.25) is 4.68 Å². The van der Waals surface area contributed by atoms with E-state index in [2.05, 4.69) is 15.0 Å². The van der Waals surface area contributed by atoms with Crippen LogP contribution in [0.2, 0.25) is 0 Å². The van der Waals surface area contributed by atoms with Crippen molar-refractivity contribution in [3.63, 3.8) is 0 Å². The summed E-state index contributed by atoms with van der Waals surface area (Å²) in [5, 5.41) is 14.4. The number of pyridine rings is 1. The number of aromatic nitrogens is 3. The molecule has 0 saturated carbocycles. The number of piperidine rings is 1. The molecule has 1 N–H and O–H groups in total. The van der Waals surface area contributed by atoms with Crippen molar-refractivity contribution >= 4 is 22.7 Å². The SMILES string of the molecule is COC1CCN(c2c(C(=O)O)cnc3c2cnn3C)CC1. The summed E-state index contributed by atoms with van der Waals surface area (Å²) in [5.74, 6) is -0.961. The Bertz CT molecular complexity index is 674. The van der Waals surface area contributed by atoms with E-state index in [9.17, 15) is 9.90 Å². The lowest BCUT2D eigenvalue weighted by molar-refractivity contribution is 0.0696. The Kier molecular flexibility index (Phi) is 3.50. The number of nitrogens with zero attached hydrogens (tertiary/aromatic N) is 4. The van der Waals surface area contributed by atoms with Crippen molar-refractivity contribution in [1.82, 2.24) is 14.8 Å². The van der Waals surface area contributed by atoms with E-state index >= 15 is 0 Å². The molecular weight excluding hydrogens is 272 g/mol. The molecule has 1 aliphatic rings. The van der Waals surface area contributed by atoms with E-state index in [1.807, 2.05) is 0 Å². The highest BCUT2D eigenvalue weighted by Gasteiger charge is 2.25. The third-order valence-corrected chi connectivity index (χ3v) is 4.06. The molecule has 0 aromatic carbocycles. The van der Waals surface area contributed by atoms with Gasteiger partial charge >= 0.3 is 5.97 Å². The predicted molar refractivity (Wildman–Crippen MR) is 77.7 cm³/mol. The molecule has 1 saturated heterocycles. The predicted octanol–water partition coefficient (Wildman–Crippen LogP) is 1.28. The quantitative estimate of drug-likeness (QED) is 0.917. The number of anilines is 1. The number of hydrogen-bond acceptors (Lipinski definition) is 5. The van der Waals surface area contributed by atoms with E-state index in [-0.39, 0.29) is 11.7 Å². The first-order valence-corrected chi connectivity index (χ1v) is 6.93. The second-order valence-electron chi connectivity index (χ2n) is 5.25. The Morgan fingerprint density at radius 3 is 2.71 bits per heavy atom. The van der Waals surface area contributed by atoms with Crippen LogP contribution in [-0.2, 0) is 11.8 Å². The summed E-state index contributed by atoms with van der Waals surface area (Å²) in [6, 6.07) is 0. The molecule has 0 atom stereocenters. The van der Waals surface area contributed by atoms with Crippen LogP contribution in [0.1, 0.15) is 23.2 Å². The van der Waals surface area contributed by atoms with Crippen molar-refractivity contribution < 1.29 is 14.6 Å². The summed E-state index contributed by atoms with van der Waals surface area (Å²) in [6.07, 6.45) is 5.14. The van der Waals surface area contributed by atoms with Crippen LogP contribution < -0.4 is 4.90 Å². The fourth-order valence-electron chi connectivity index (χ4n) is 2.90. The van der Waals surface area contributed by atoms with Gasteiger partial charge in [0, 0.05) is 33.4 Å². The Hall–Kier alpha value is -2.15. The number of hydrogen-bond donors (Lipinski definition) is 1. The minimum atomic E-state index is -0.961. The van der Waals surface area contributed by atoms with E-state index in [0.29, 0.717) is 5.65 Å². The first-order chi connectivity index (χ1) is 10.1.